The number of hydrogen-bond acceptors (Lipinski definition) is 6. The number of hydrogen-bond donors (Lipinski definition) is 2. The Morgan fingerprint density at radius 3 is 2.65 bits per heavy atom. The first-order valence-electron chi connectivity index (χ1n) is 5.69. The van der Waals surface area contributed by atoms with Gasteiger partial charge in [0, 0.05) is 0 Å². The van der Waals surface area contributed by atoms with E-state index in [0.29, 0.717) is 34.1 Å². The number of para-hydroxylation sites is 1. The lowest BCUT2D eigenvalue weighted by atomic mass is 10.1. The van der Waals surface area contributed by atoms with Crippen molar-refractivity contribution < 1.29 is 4.74 Å². The third kappa shape index (κ3) is 2.45. The fraction of sp³-hybridized carbons (Fsp3) is 0.0714. The smallest absolute Gasteiger partial charge is 0.148 e. The standard InChI is InChI=1S/C14H11N5O/c1-20-12-4-2-3-9(6-15)13(12)19-14-10(7-16)5-11(17)8-18-14/h2-5,8H,17H2,1H3,(H,18,19). The molecule has 0 saturated heterocycles. The molecule has 0 radical (unpaired) electrons. The van der Waals surface area contributed by atoms with Crippen molar-refractivity contribution in [2.75, 3.05) is 18.2 Å². The van der Waals surface area contributed by atoms with E-state index < -0.39 is 0 Å². The Morgan fingerprint density at radius 2 is 2.00 bits per heavy atom. The summed E-state index contributed by atoms with van der Waals surface area (Å²) in [6.45, 7) is 0. The average molecular weight is 265 g/mol. The van der Waals surface area contributed by atoms with Crippen molar-refractivity contribution in [2.45, 2.75) is 0 Å². The monoisotopic (exact) mass is 265 g/mol. The van der Waals surface area contributed by atoms with Gasteiger partial charge in [-0.25, -0.2) is 4.98 Å². The number of methoxy groups -OCH3 is 1. The molecule has 3 N–H and O–H groups in total. The zero-order valence-electron chi connectivity index (χ0n) is 10.7. The Bertz CT molecular complexity index is 727. The number of nitrogens with two attached hydrogens (primary N) is 1. The third-order valence-electron chi connectivity index (χ3n) is 2.64. The minimum Gasteiger partial charge on any atom is -0.495 e. The molecule has 0 fully saturated rings. The van der Waals surface area contributed by atoms with E-state index >= 15 is 0 Å². The number of pyridine rings is 1. The topological polar surface area (TPSA) is 108 Å². The van der Waals surface area contributed by atoms with Crippen molar-refractivity contribution in [3.8, 4) is 17.9 Å². The van der Waals surface area contributed by atoms with Crippen LogP contribution in [-0.2, 0) is 0 Å². The van der Waals surface area contributed by atoms with Gasteiger partial charge < -0.3 is 15.8 Å². The van der Waals surface area contributed by atoms with Gasteiger partial charge in [0.05, 0.1) is 30.1 Å². The average Bonchev–Trinajstić information content (AvgIpc) is 2.49. The molecular formula is C14H11N5O. The van der Waals surface area contributed by atoms with E-state index in [1.165, 1.54) is 19.4 Å². The first kappa shape index (κ1) is 13.2. The molecule has 0 amide bonds. The Hall–Kier alpha value is -3.25. The highest BCUT2D eigenvalue weighted by Gasteiger charge is 2.12. The second-order valence-electron chi connectivity index (χ2n) is 3.90. The molecule has 0 aliphatic rings. The van der Waals surface area contributed by atoms with Crippen LogP contribution >= 0.6 is 0 Å². The van der Waals surface area contributed by atoms with Gasteiger partial charge in [-0.1, -0.05) is 6.07 Å². The highest BCUT2D eigenvalue weighted by Crippen LogP contribution is 2.31. The van der Waals surface area contributed by atoms with E-state index in [1.807, 2.05) is 6.07 Å². The maximum absolute atomic E-state index is 9.14. The first-order chi connectivity index (χ1) is 9.69. The van der Waals surface area contributed by atoms with Crippen LogP contribution in [0.5, 0.6) is 5.75 Å². The van der Waals surface area contributed by atoms with Crippen molar-refractivity contribution in [3.05, 3.63) is 41.6 Å². The number of aromatic nitrogens is 1. The summed E-state index contributed by atoms with van der Waals surface area (Å²) in [5, 5.41) is 21.2. The second kappa shape index (κ2) is 5.59. The Morgan fingerprint density at radius 1 is 1.25 bits per heavy atom. The number of nitrogen functional groups attached to an aromatic ring is 1. The molecule has 2 aromatic rings. The van der Waals surface area contributed by atoms with Gasteiger partial charge in [0.25, 0.3) is 0 Å². The molecule has 2 rings (SSSR count). The number of benzene rings is 1. The molecule has 0 bridgehead atoms. The van der Waals surface area contributed by atoms with E-state index in [-0.39, 0.29) is 0 Å². The van der Waals surface area contributed by atoms with Crippen LogP contribution in [0.1, 0.15) is 11.1 Å². The summed E-state index contributed by atoms with van der Waals surface area (Å²) >= 11 is 0. The Kier molecular flexibility index (Phi) is 3.69. The molecule has 1 aromatic carbocycles. The van der Waals surface area contributed by atoms with Gasteiger partial charge in [0.15, 0.2) is 0 Å². The Labute approximate surface area is 116 Å². The van der Waals surface area contributed by atoms with Gasteiger partial charge in [0.1, 0.15) is 29.4 Å². The molecule has 0 atom stereocenters. The maximum Gasteiger partial charge on any atom is 0.148 e. The van der Waals surface area contributed by atoms with Gasteiger partial charge in [-0.3, -0.25) is 0 Å². The quantitative estimate of drug-likeness (QED) is 0.880. The minimum atomic E-state index is 0.291. The molecule has 1 aromatic heterocycles. The normalized spacial score (nSPS) is 9.35. The van der Waals surface area contributed by atoms with E-state index in [1.54, 1.807) is 18.2 Å². The number of nitrogens with one attached hydrogen (secondary N) is 1. The van der Waals surface area contributed by atoms with Gasteiger partial charge in [-0.2, -0.15) is 10.5 Å². The van der Waals surface area contributed by atoms with Crippen molar-refractivity contribution in [1.82, 2.24) is 4.98 Å². The van der Waals surface area contributed by atoms with Gasteiger partial charge in [0.2, 0.25) is 0 Å². The SMILES string of the molecule is COc1cccc(C#N)c1Nc1ncc(N)cc1C#N. The molecule has 20 heavy (non-hydrogen) atoms. The molecule has 0 aliphatic carbocycles. The summed E-state index contributed by atoms with van der Waals surface area (Å²) in [6.07, 6.45) is 1.44. The zero-order valence-corrected chi connectivity index (χ0v) is 10.7. The number of nitriles is 2. The molecule has 6 nitrogen and oxygen atoms in total. The van der Waals surface area contributed by atoms with Crippen LogP contribution in [0.2, 0.25) is 0 Å². The molecule has 0 unspecified atom stereocenters. The number of ether oxygens (including phenoxy) is 1. The largest absolute Gasteiger partial charge is 0.495 e. The highest BCUT2D eigenvalue weighted by molar-refractivity contribution is 5.74. The second-order valence-corrected chi connectivity index (χ2v) is 3.90. The third-order valence-corrected chi connectivity index (χ3v) is 2.64. The molecular weight excluding hydrogens is 254 g/mol. The fourth-order valence-electron chi connectivity index (χ4n) is 1.71. The number of rotatable bonds is 3. The minimum absolute atomic E-state index is 0.291. The first-order valence-corrected chi connectivity index (χ1v) is 5.69. The van der Waals surface area contributed by atoms with Crippen LogP contribution in [-0.4, -0.2) is 12.1 Å². The van der Waals surface area contributed by atoms with Crippen molar-refractivity contribution in [1.29, 1.82) is 10.5 Å². The summed E-state index contributed by atoms with van der Waals surface area (Å²) in [5.41, 5.74) is 7.14. The van der Waals surface area contributed by atoms with E-state index in [9.17, 15) is 0 Å². The van der Waals surface area contributed by atoms with Crippen LogP contribution in [0, 0.1) is 22.7 Å². The summed E-state index contributed by atoms with van der Waals surface area (Å²) in [5.74, 6) is 0.814. The maximum atomic E-state index is 9.14. The lowest BCUT2D eigenvalue weighted by Gasteiger charge is -2.13. The van der Waals surface area contributed by atoms with Gasteiger partial charge in [-0.05, 0) is 18.2 Å². The Balaban J connectivity index is 2.51. The van der Waals surface area contributed by atoms with E-state index in [0.717, 1.165) is 0 Å². The fourth-order valence-corrected chi connectivity index (χ4v) is 1.71. The van der Waals surface area contributed by atoms with Gasteiger partial charge >= 0.3 is 0 Å². The van der Waals surface area contributed by atoms with Crippen molar-refractivity contribution >= 4 is 17.2 Å². The summed E-state index contributed by atoms with van der Waals surface area (Å²) < 4.78 is 5.21. The van der Waals surface area contributed by atoms with Crippen molar-refractivity contribution in [2.24, 2.45) is 0 Å². The van der Waals surface area contributed by atoms with Crippen LogP contribution in [0.25, 0.3) is 0 Å². The lowest BCUT2D eigenvalue weighted by Crippen LogP contribution is -2.02. The van der Waals surface area contributed by atoms with Crippen LogP contribution < -0.4 is 15.8 Å². The van der Waals surface area contributed by atoms with Gasteiger partial charge in [-0.15, -0.1) is 0 Å². The summed E-state index contributed by atoms with van der Waals surface area (Å²) in [4.78, 5) is 4.07. The molecule has 0 spiro atoms. The van der Waals surface area contributed by atoms with Crippen LogP contribution in [0.3, 0.4) is 0 Å². The molecule has 6 heteroatoms. The van der Waals surface area contributed by atoms with Crippen LogP contribution in [0.4, 0.5) is 17.2 Å². The van der Waals surface area contributed by atoms with E-state index in [4.69, 9.17) is 21.0 Å². The summed E-state index contributed by atoms with van der Waals surface area (Å²) in [6, 6.07) is 10.6. The highest BCUT2D eigenvalue weighted by atomic mass is 16.5. The van der Waals surface area contributed by atoms with Crippen LogP contribution in [0.15, 0.2) is 30.5 Å². The predicted molar refractivity (Wildman–Crippen MR) is 74.4 cm³/mol. The zero-order chi connectivity index (χ0) is 14.5. The summed E-state index contributed by atoms with van der Waals surface area (Å²) in [7, 11) is 1.50. The molecule has 98 valence electrons. The van der Waals surface area contributed by atoms with E-state index in [2.05, 4.69) is 16.4 Å². The van der Waals surface area contributed by atoms with Crippen molar-refractivity contribution in [3.63, 3.8) is 0 Å². The molecule has 0 saturated carbocycles. The molecule has 0 aliphatic heterocycles. The lowest BCUT2D eigenvalue weighted by molar-refractivity contribution is 0.416. The molecule has 1 heterocycles. The number of anilines is 3. The predicted octanol–water partition coefficient (Wildman–Crippen LogP) is 2.16. The number of nitrogens with zero attached hydrogens (tertiary/aromatic N) is 3.